The molecule has 0 aliphatic heterocycles. The number of alkyl halides is 3. The van der Waals surface area contributed by atoms with Crippen molar-refractivity contribution in [2.75, 3.05) is 11.9 Å². The van der Waals surface area contributed by atoms with Crippen molar-refractivity contribution in [3.63, 3.8) is 0 Å². The van der Waals surface area contributed by atoms with E-state index in [1.54, 1.807) is 12.1 Å². The molecule has 0 spiro atoms. The molecule has 0 atom stereocenters. The summed E-state index contributed by atoms with van der Waals surface area (Å²) in [4.78, 5) is 0.161. The van der Waals surface area contributed by atoms with Crippen LogP contribution < -0.4 is 5.32 Å². The van der Waals surface area contributed by atoms with Crippen LogP contribution in [0, 0.1) is 12.3 Å². The number of halogens is 3. The van der Waals surface area contributed by atoms with Gasteiger partial charge in [0.1, 0.15) is 0 Å². The molecule has 0 saturated heterocycles. The van der Waals surface area contributed by atoms with Gasteiger partial charge in [0.15, 0.2) is 0 Å². The van der Waals surface area contributed by atoms with Crippen LogP contribution in [0.1, 0.15) is 0 Å². The van der Waals surface area contributed by atoms with Crippen LogP contribution in [0.2, 0.25) is 0 Å². The minimum atomic E-state index is -4.24. The van der Waals surface area contributed by atoms with Crippen molar-refractivity contribution in [2.45, 2.75) is 10.4 Å². The van der Waals surface area contributed by atoms with E-state index >= 15 is 0 Å². The standard InChI is InChI=1S/C10H8F3NS/c1-2-7-14-8-3-5-9(6-4-8)15-10(11,12)13/h1,3-6,14H,7H2. The normalized spacial score (nSPS) is 10.8. The van der Waals surface area contributed by atoms with Crippen molar-refractivity contribution in [3.8, 4) is 12.3 Å². The van der Waals surface area contributed by atoms with Crippen LogP contribution in [-0.4, -0.2) is 12.1 Å². The molecule has 80 valence electrons. The van der Waals surface area contributed by atoms with Gasteiger partial charge in [0.25, 0.3) is 0 Å². The van der Waals surface area contributed by atoms with Gasteiger partial charge in [-0.1, -0.05) is 5.92 Å². The number of anilines is 1. The maximum absolute atomic E-state index is 12.0. The van der Waals surface area contributed by atoms with Crippen LogP contribution in [-0.2, 0) is 0 Å². The number of benzene rings is 1. The van der Waals surface area contributed by atoms with Crippen molar-refractivity contribution >= 4 is 17.4 Å². The molecule has 1 nitrogen and oxygen atoms in total. The topological polar surface area (TPSA) is 12.0 Å². The van der Waals surface area contributed by atoms with Crippen molar-refractivity contribution in [3.05, 3.63) is 24.3 Å². The van der Waals surface area contributed by atoms with Gasteiger partial charge in [-0.15, -0.1) is 6.42 Å². The zero-order chi connectivity index (χ0) is 11.3. The first kappa shape index (κ1) is 11.8. The Bertz CT molecular complexity index is 350. The summed E-state index contributed by atoms with van der Waals surface area (Å²) in [5, 5.41) is 2.86. The predicted octanol–water partition coefficient (Wildman–Crippen LogP) is 3.34. The minimum absolute atomic E-state index is 0.135. The van der Waals surface area contributed by atoms with Crippen molar-refractivity contribution < 1.29 is 13.2 Å². The molecule has 0 heterocycles. The second-order valence-corrected chi connectivity index (χ2v) is 3.77. The molecule has 1 aromatic rings. The molecule has 0 unspecified atom stereocenters. The molecule has 15 heavy (non-hydrogen) atoms. The summed E-state index contributed by atoms with van der Waals surface area (Å²) in [6.45, 7) is 0.353. The van der Waals surface area contributed by atoms with Crippen LogP contribution in [0.15, 0.2) is 29.2 Å². The summed E-state index contributed by atoms with van der Waals surface area (Å²) < 4.78 is 35.9. The van der Waals surface area contributed by atoms with Gasteiger partial charge >= 0.3 is 5.51 Å². The van der Waals surface area contributed by atoms with Crippen molar-refractivity contribution in [1.29, 1.82) is 0 Å². The van der Waals surface area contributed by atoms with E-state index in [-0.39, 0.29) is 16.7 Å². The summed E-state index contributed by atoms with van der Waals surface area (Å²) in [5.41, 5.74) is -3.53. The fourth-order valence-corrected chi connectivity index (χ4v) is 1.47. The number of hydrogen-bond acceptors (Lipinski definition) is 2. The zero-order valence-corrected chi connectivity index (χ0v) is 8.45. The molecule has 1 N–H and O–H groups in total. The molecular formula is C10H8F3NS. The zero-order valence-electron chi connectivity index (χ0n) is 7.64. The first-order chi connectivity index (χ1) is 7.01. The molecule has 1 aromatic carbocycles. The van der Waals surface area contributed by atoms with E-state index in [0.717, 1.165) is 0 Å². The molecule has 0 aliphatic rings. The first-order valence-electron chi connectivity index (χ1n) is 4.04. The highest BCUT2D eigenvalue weighted by Gasteiger charge is 2.28. The van der Waals surface area contributed by atoms with Crippen LogP contribution in [0.25, 0.3) is 0 Å². The Labute approximate surface area is 90.1 Å². The largest absolute Gasteiger partial charge is 0.446 e. The van der Waals surface area contributed by atoms with Gasteiger partial charge < -0.3 is 5.32 Å². The minimum Gasteiger partial charge on any atom is -0.374 e. The fourth-order valence-electron chi connectivity index (χ4n) is 0.928. The highest BCUT2D eigenvalue weighted by molar-refractivity contribution is 8.00. The lowest BCUT2D eigenvalue weighted by atomic mass is 10.3. The summed E-state index contributed by atoms with van der Waals surface area (Å²) in [5.74, 6) is 2.37. The lowest BCUT2D eigenvalue weighted by molar-refractivity contribution is -0.0328. The van der Waals surface area contributed by atoms with Gasteiger partial charge in [-0.2, -0.15) is 13.2 Å². The van der Waals surface area contributed by atoms with E-state index in [2.05, 4.69) is 11.2 Å². The first-order valence-corrected chi connectivity index (χ1v) is 4.86. The van der Waals surface area contributed by atoms with E-state index in [0.29, 0.717) is 12.2 Å². The third-order valence-corrected chi connectivity index (χ3v) is 2.22. The van der Waals surface area contributed by atoms with Crippen LogP contribution in [0.5, 0.6) is 0 Å². The van der Waals surface area contributed by atoms with E-state index < -0.39 is 5.51 Å². The number of thioether (sulfide) groups is 1. The van der Waals surface area contributed by atoms with E-state index in [9.17, 15) is 13.2 Å². The lowest BCUT2D eigenvalue weighted by Gasteiger charge is -2.06. The number of rotatable bonds is 3. The Morgan fingerprint density at radius 1 is 1.27 bits per heavy atom. The number of nitrogens with one attached hydrogen (secondary N) is 1. The lowest BCUT2D eigenvalue weighted by Crippen LogP contribution is -2.00. The average Bonchev–Trinajstić information content (AvgIpc) is 2.14. The van der Waals surface area contributed by atoms with Crippen LogP contribution >= 0.6 is 11.8 Å². The fraction of sp³-hybridized carbons (Fsp3) is 0.200. The summed E-state index contributed by atoms with van der Waals surface area (Å²) in [7, 11) is 0. The van der Waals surface area contributed by atoms with Gasteiger partial charge in [0.2, 0.25) is 0 Å². The maximum atomic E-state index is 12.0. The molecule has 0 radical (unpaired) electrons. The second kappa shape index (κ2) is 4.99. The summed E-state index contributed by atoms with van der Waals surface area (Å²) in [6.07, 6.45) is 5.02. The number of hydrogen-bond donors (Lipinski definition) is 1. The average molecular weight is 231 g/mol. The van der Waals surface area contributed by atoms with Gasteiger partial charge in [-0.05, 0) is 36.0 Å². The van der Waals surface area contributed by atoms with Crippen molar-refractivity contribution in [2.24, 2.45) is 0 Å². The monoisotopic (exact) mass is 231 g/mol. The summed E-state index contributed by atoms with van der Waals surface area (Å²) in [6, 6.07) is 5.92. The van der Waals surface area contributed by atoms with Crippen molar-refractivity contribution in [1.82, 2.24) is 0 Å². The van der Waals surface area contributed by atoms with Gasteiger partial charge in [0, 0.05) is 10.6 Å². The highest BCUT2D eigenvalue weighted by atomic mass is 32.2. The second-order valence-electron chi connectivity index (χ2n) is 2.63. The SMILES string of the molecule is C#CCNc1ccc(SC(F)(F)F)cc1. The quantitative estimate of drug-likeness (QED) is 0.632. The predicted molar refractivity (Wildman–Crippen MR) is 55.7 cm³/mol. The number of terminal acetylenes is 1. The third kappa shape index (κ3) is 4.66. The molecule has 0 bridgehead atoms. The Morgan fingerprint density at radius 2 is 1.87 bits per heavy atom. The Kier molecular flexibility index (Phi) is 3.92. The molecule has 0 aromatic heterocycles. The van der Waals surface area contributed by atoms with Gasteiger partial charge in [-0.25, -0.2) is 0 Å². The molecule has 5 heteroatoms. The Morgan fingerprint density at radius 3 is 2.33 bits per heavy atom. The van der Waals surface area contributed by atoms with E-state index in [1.807, 2.05) is 0 Å². The smallest absolute Gasteiger partial charge is 0.374 e. The van der Waals surface area contributed by atoms with Crippen LogP contribution in [0.4, 0.5) is 18.9 Å². The van der Waals surface area contributed by atoms with Gasteiger partial charge in [0.05, 0.1) is 6.54 Å². The summed E-state index contributed by atoms with van der Waals surface area (Å²) >= 11 is -0.135. The van der Waals surface area contributed by atoms with E-state index in [1.165, 1.54) is 12.1 Å². The highest BCUT2D eigenvalue weighted by Crippen LogP contribution is 2.36. The Hall–Kier alpha value is -1.28. The molecule has 0 aliphatic carbocycles. The molecule has 0 fully saturated rings. The van der Waals surface area contributed by atoms with Gasteiger partial charge in [-0.3, -0.25) is 0 Å². The van der Waals surface area contributed by atoms with E-state index in [4.69, 9.17) is 6.42 Å². The third-order valence-electron chi connectivity index (χ3n) is 1.48. The molecule has 0 saturated carbocycles. The molecule has 1 rings (SSSR count). The molecule has 0 amide bonds. The Balaban J connectivity index is 2.61. The molecular weight excluding hydrogens is 223 g/mol. The maximum Gasteiger partial charge on any atom is 0.446 e. The van der Waals surface area contributed by atoms with Crippen LogP contribution in [0.3, 0.4) is 0 Å².